The lowest BCUT2D eigenvalue weighted by molar-refractivity contribution is 0.0746. The fraction of sp³-hybridized carbons (Fsp3) is 0.250. The van der Waals surface area contributed by atoms with Crippen molar-refractivity contribution in [1.82, 2.24) is 35.1 Å². The van der Waals surface area contributed by atoms with Crippen LogP contribution < -0.4 is 10.2 Å². The Morgan fingerprint density at radius 2 is 1.74 bits per heavy atom. The van der Waals surface area contributed by atoms with Crippen molar-refractivity contribution in [1.29, 1.82) is 0 Å². The quantitative estimate of drug-likeness (QED) is 0.490. The summed E-state index contributed by atoms with van der Waals surface area (Å²) in [5, 5.41) is 14.5. The molecule has 10 nitrogen and oxygen atoms in total. The zero-order chi connectivity index (χ0) is 23.5. The van der Waals surface area contributed by atoms with Gasteiger partial charge in [0.05, 0.1) is 5.69 Å². The first-order valence-corrected chi connectivity index (χ1v) is 11.1. The second-order valence-electron chi connectivity index (χ2n) is 8.27. The average molecular weight is 456 g/mol. The number of benzene rings is 2. The molecule has 0 saturated carbocycles. The van der Waals surface area contributed by atoms with Gasteiger partial charge in [-0.15, -0.1) is 5.10 Å². The molecule has 1 fully saturated rings. The fourth-order valence-electron chi connectivity index (χ4n) is 3.92. The number of piperazine rings is 1. The molecule has 1 saturated heterocycles. The summed E-state index contributed by atoms with van der Waals surface area (Å²) < 4.78 is 1.54. The van der Waals surface area contributed by atoms with Gasteiger partial charge in [0.15, 0.2) is 0 Å². The monoisotopic (exact) mass is 455 g/mol. The van der Waals surface area contributed by atoms with Gasteiger partial charge in [0, 0.05) is 49.2 Å². The third-order valence-electron chi connectivity index (χ3n) is 5.75. The Hall–Kier alpha value is -4.34. The minimum absolute atomic E-state index is 0.00447. The number of tetrazole rings is 1. The predicted octanol–water partition coefficient (Wildman–Crippen LogP) is 2.78. The van der Waals surface area contributed by atoms with Crippen molar-refractivity contribution in [3.8, 4) is 5.69 Å². The molecule has 0 spiro atoms. The normalized spacial score (nSPS) is 13.7. The van der Waals surface area contributed by atoms with Crippen LogP contribution in [0.2, 0.25) is 0 Å². The van der Waals surface area contributed by atoms with E-state index in [1.807, 2.05) is 66.4 Å². The van der Waals surface area contributed by atoms with Crippen molar-refractivity contribution in [3.63, 3.8) is 0 Å². The average Bonchev–Trinajstić information content (AvgIpc) is 3.40. The lowest BCUT2D eigenvalue weighted by Gasteiger charge is -2.35. The molecule has 0 radical (unpaired) electrons. The van der Waals surface area contributed by atoms with Crippen LogP contribution in [0.5, 0.6) is 0 Å². The first-order valence-electron chi connectivity index (χ1n) is 11.1. The molecule has 0 bridgehead atoms. The van der Waals surface area contributed by atoms with Gasteiger partial charge < -0.3 is 15.1 Å². The highest BCUT2D eigenvalue weighted by Gasteiger charge is 2.24. The van der Waals surface area contributed by atoms with E-state index in [1.165, 1.54) is 16.6 Å². The largest absolute Gasteiger partial charge is 0.353 e. The zero-order valence-corrected chi connectivity index (χ0v) is 19.1. The summed E-state index contributed by atoms with van der Waals surface area (Å²) in [6, 6.07) is 17.4. The number of hydrogen-bond acceptors (Lipinski definition) is 8. The molecule has 1 N–H and O–H groups in total. The van der Waals surface area contributed by atoms with E-state index in [0.717, 1.165) is 22.9 Å². The van der Waals surface area contributed by atoms with Gasteiger partial charge >= 0.3 is 0 Å². The number of carbonyl (C=O) groups excluding carboxylic acids is 1. The summed E-state index contributed by atoms with van der Waals surface area (Å²) >= 11 is 0. The zero-order valence-electron chi connectivity index (χ0n) is 19.1. The highest BCUT2D eigenvalue weighted by Crippen LogP contribution is 2.21. The number of amides is 1. The number of aryl methyl sites for hydroxylation is 2. The molecule has 0 aliphatic carbocycles. The predicted molar refractivity (Wildman–Crippen MR) is 129 cm³/mol. The Kier molecular flexibility index (Phi) is 5.86. The van der Waals surface area contributed by atoms with Gasteiger partial charge in [-0.3, -0.25) is 4.79 Å². The molecule has 10 heteroatoms. The topological polar surface area (TPSA) is 105 Å². The van der Waals surface area contributed by atoms with Crippen molar-refractivity contribution in [2.45, 2.75) is 13.8 Å². The lowest BCUT2D eigenvalue weighted by atomic mass is 10.1. The number of rotatable bonds is 5. The molecule has 172 valence electrons. The van der Waals surface area contributed by atoms with Crippen LogP contribution in [-0.4, -0.2) is 67.2 Å². The van der Waals surface area contributed by atoms with E-state index in [9.17, 15) is 4.79 Å². The van der Waals surface area contributed by atoms with E-state index < -0.39 is 0 Å². The third-order valence-corrected chi connectivity index (χ3v) is 5.75. The van der Waals surface area contributed by atoms with Crippen LogP contribution in [0.15, 0.2) is 60.9 Å². The van der Waals surface area contributed by atoms with E-state index in [2.05, 4.69) is 37.6 Å². The van der Waals surface area contributed by atoms with Crippen LogP contribution in [-0.2, 0) is 0 Å². The van der Waals surface area contributed by atoms with Gasteiger partial charge in [-0.05, 0) is 54.6 Å². The second kappa shape index (κ2) is 9.26. The molecular weight excluding hydrogens is 430 g/mol. The summed E-state index contributed by atoms with van der Waals surface area (Å²) in [6.07, 6.45) is 1.51. The number of hydrogen-bond donors (Lipinski definition) is 1. The number of nitrogens with one attached hydrogen (secondary N) is 1. The Morgan fingerprint density at radius 1 is 0.941 bits per heavy atom. The third kappa shape index (κ3) is 4.70. The Bertz CT molecular complexity index is 1280. The molecule has 3 heterocycles. The highest BCUT2D eigenvalue weighted by atomic mass is 16.2. The maximum Gasteiger partial charge on any atom is 0.254 e. The summed E-state index contributed by atoms with van der Waals surface area (Å²) in [7, 11) is 0. The molecule has 34 heavy (non-hydrogen) atoms. The molecule has 5 rings (SSSR count). The summed E-state index contributed by atoms with van der Waals surface area (Å²) in [6.45, 7) is 6.62. The minimum Gasteiger partial charge on any atom is -0.353 e. The smallest absolute Gasteiger partial charge is 0.254 e. The number of nitrogens with zero attached hydrogens (tertiary/aromatic N) is 8. The van der Waals surface area contributed by atoms with Crippen molar-refractivity contribution < 1.29 is 4.79 Å². The summed E-state index contributed by atoms with van der Waals surface area (Å²) in [5.74, 6) is 1.42. The molecular formula is C24H25N9O. The fourth-order valence-corrected chi connectivity index (χ4v) is 3.92. The number of aromatic nitrogens is 6. The summed E-state index contributed by atoms with van der Waals surface area (Å²) in [5.41, 5.74) is 4.40. The SMILES string of the molecule is Cc1ccc(Nc2nc(C)cc(N3CCN(C(=O)c4cccc(-n5cnnn5)c4)CC3)n2)cc1. The van der Waals surface area contributed by atoms with Crippen molar-refractivity contribution in [2.24, 2.45) is 0 Å². The van der Waals surface area contributed by atoms with Gasteiger partial charge in [-0.25, -0.2) is 9.67 Å². The van der Waals surface area contributed by atoms with E-state index in [0.29, 0.717) is 37.7 Å². The van der Waals surface area contributed by atoms with E-state index in [1.54, 1.807) is 0 Å². The molecule has 1 aliphatic heterocycles. The van der Waals surface area contributed by atoms with E-state index >= 15 is 0 Å². The molecule has 0 atom stereocenters. The van der Waals surface area contributed by atoms with Crippen LogP contribution in [0.1, 0.15) is 21.6 Å². The van der Waals surface area contributed by atoms with Crippen LogP contribution in [0.3, 0.4) is 0 Å². The van der Waals surface area contributed by atoms with Crippen LogP contribution in [0.25, 0.3) is 5.69 Å². The maximum atomic E-state index is 13.1. The molecule has 0 unspecified atom stereocenters. The van der Waals surface area contributed by atoms with Crippen LogP contribution in [0.4, 0.5) is 17.5 Å². The Morgan fingerprint density at radius 3 is 2.47 bits per heavy atom. The standard InChI is InChI=1S/C24H25N9O/c1-17-6-8-20(9-7-17)27-24-26-18(2)14-22(28-24)31-10-12-32(13-11-31)23(34)19-4-3-5-21(15-19)33-16-25-29-30-33/h3-9,14-16H,10-13H2,1-2H3,(H,26,27,28). The molecule has 1 aliphatic rings. The number of carbonyl (C=O) groups is 1. The van der Waals surface area contributed by atoms with Gasteiger partial charge in [0.25, 0.3) is 5.91 Å². The van der Waals surface area contributed by atoms with E-state index in [4.69, 9.17) is 4.98 Å². The Labute approximate surface area is 197 Å². The van der Waals surface area contributed by atoms with Gasteiger partial charge in [-0.2, -0.15) is 4.98 Å². The lowest BCUT2D eigenvalue weighted by Crippen LogP contribution is -2.49. The van der Waals surface area contributed by atoms with E-state index in [-0.39, 0.29) is 5.91 Å². The first-order chi connectivity index (χ1) is 16.5. The minimum atomic E-state index is -0.00447. The van der Waals surface area contributed by atoms with Gasteiger partial charge in [0.2, 0.25) is 5.95 Å². The molecule has 2 aromatic heterocycles. The van der Waals surface area contributed by atoms with Gasteiger partial charge in [0.1, 0.15) is 12.1 Å². The summed E-state index contributed by atoms with van der Waals surface area (Å²) in [4.78, 5) is 26.4. The maximum absolute atomic E-state index is 13.1. The Balaban J connectivity index is 1.25. The van der Waals surface area contributed by atoms with Crippen molar-refractivity contribution in [2.75, 3.05) is 36.4 Å². The molecule has 4 aromatic rings. The second-order valence-corrected chi connectivity index (χ2v) is 8.27. The van der Waals surface area contributed by atoms with Crippen molar-refractivity contribution in [3.05, 3.63) is 77.7 Å². The van der Waals surface area contributed by atoms with Gasteiger partial charge in [-0.1, -0.05) is 23.8 Å². The first kappa shape index (κ1) is 21.5. The molecule has 1 amide bonds. The van der Waals surface area contributed by atoms with Crippen LogP contribution >= 0.6 is 0 Å². The van der Waals surface area contributed by atoms with Crippen LogP contribution in [0, 0.1) is 13.8 Å². The highest BCUT2D eigenvalue weighted by molar-refractivity contribution is 5.95. The van der Waals surface area contributed by atoms with Crippen molar-refractivity contribution >= 4 is 23.4 Å². The molecule has 2 aromatic carbocycles. The number of anilines is 3.